The summed E-state index contributed by atoms with van der Waals surface area (Å²) in [7, 11) is 2.15. The Labute approximate surface area is 108 Å². The van der Waals surface area contributed by atoms with Crippen molar-refractivity contribution in [3.8, 4) is 5.75 Å². The molecular formula is C14H19N2O2. The number of carbonyl (C=O) groups excluding carboxylic acids is 1. The standard InChI is InChI=1S/C14H19N2O2/c1-15-6-8-16(9-7-15)10-11-18-14-4-2-13(12-17)3-5-14/h2-5H,6-11H2,1H3. The van der Waals surface area contributed by atoms with Crippen LogP contribution in [-0.2, 0) is 4.79 Å². The summed E-state index contributed by atoms with van der Waals surface area (Å²) < 4.78 is 5.65. The highest BCUT2D eigenvalue weighted by molar-refractivity contribution is 5.75. The van der Waals surface area contributed by atoms with Crippen LogP contribution in [0.2, 0.25) is 0 Å². The van der Waals surface area contributed by atoms with Gasteiger partial charge in [0.05, 0.1) is 0 Å². The molecule has 1 aromatic rings. The van der Waals surface area contributed by atoms with E-state index in [9.17, 15) is 4.79 Å². The SMILES string of the molecule is CN1CCN(CCOc2ccc([C]=O)cc2)CC1. The molecule has 0 atom stereocenters. The first kappa shape index (κ1) is 13.1. The third kappa shape index (κ3) is 3.82. The molecule has 0 saturated carbocycles. The molecule has 1 fully saturated rings. The summed E-state index contributed by atoms with van der Waals surface area (Å²) in [5.41, 5.74) is 0.557. The van der Waals surface area contributed by atoms with Crippen molar-refractivity contribution in [2.24, 2.45) is 0 Å². The van der Waals surface area contributed by atoms with Gasteiger partial charge in [-0.05, 0) is 31.3 Å². The van der Waals surface area contributed by atoms with Crippen LogP contribution < -0.4 is 4.74 Å². The molecule has 2 rings (SSSR count). The number of rotatable bonds is 5. The molecular weight excluding hydrogens is 228 g/mol. The summed E-state index contributed by atoms with van der Waals surface area (Å²) in [4.78, 5) is 15.1. The molecule has 0 unspecified atom stereocenters. The van der Waals surface area contributed by atoms with Gasteiger partial charge in [0.2, 0.25) is 6.29 Å². The van der Waals surface area contributed by atoms with Crippen molar-refractivity contribution < 1.29 is 9.53 Å². The first-order valence-corrected chi connectivity index (χ1v) is 6.30. The predicted octanol–water partition coefficient (Wildman–Crippen LogP) is 0.771. The summed E-state index contributed by atoms with van der Waals surface area (Å²) in [5.74, 6) is 0.808. The maximum atomic E-state index is 10.4. The minimum Gasteiger partial charge on any atom is -0.492 e. The molecule has 1 aliphatic heterocycles. The van der Waals surface area contributed by atoms with E-state index in [2.05, 4.69) is 16.8 Å². The summed E-state index contributed by atoms with van der Waals surface area (Å²) >= 11 is 0. The van der Waals surface area contributed by atoms with Crippen LogP contribution in [0.4, 0.5) is 0 Å². The van der Waals surface area contributed by atoms with Gasteiger partial charge < -0.3 is 9.64 Å². The molecule has 4 nitrogen and oxygen atoms in total. The number of likely N-dealkylation sites (N-methyl/N-ethyl adjacent to an activating group) is 1. The van der Waals surface area contributed by atoms with E-state index < -0.39 is 0 Å². The maximum absolute atomic E-state index is 10.4. The quantitative estimate of drug-likeness (QED) is 0.769. The monoisotopic (exact) mass is 247 g/mol. The molecule has 1 aliphatic rings. The summed E-state index contributed by atoms with van der Waals surface area (Å²) in [6, 6.07) is 7.06. The third-order valence-corrected chi connectivity index (χ3v) is 3.24. The van der Waals surface area contributed by atoms with Gasteiger partial charge in [-0.15, -0.1) is 0 Å². The Hall–Kier alpha value is -1.39. The number of piperazine rings is 1. The second kappa shape index (κ2) is 6.52. The first-order valence-electron chi connectivity index (χ1n) is 6.30. The van der Waals surface area contributed by atoms with Gasteiger partial charge in [-0.25, -0.2) is 0 Å². The van der Waals surface area contributed by atoms with Crippen LogP contribution in [-0.4, -0.2) is 62.5 Å². The second-order valence-corrected chi connectivity index (χ2v) is 4.62. The maximum Gasteiger partial charge on any atom is 0.233 e. The van der Waals surface area contributed by atoms with Crippen LogP contribution in [0.3, 0.4) is 0 Å². The van der Waals surface area contributed by atoms with Crippen molar-refractivity contribution in [3.63, 3.8) is 0 Å². The fraction of sp³-hybridized carbons (Fsp3) is 0.500. The Balaban J connectivity index is 1.69. The van der Waals surface area contributed by atoms with Gasteiger partial charge in [-0.2, -0.15) is 0 Å². The fourth-order valence-corrected chi connectivity index (χ4v) is 1.98. The van der Waals surface area contributed by atoms with Gasteiger partial charge in [0.1, 0.15) is 12.4 Å². The highest BCUT2D eigenvalue weighted by Crippen LogP contribution is 2.11. The Morgan fingerprint density at radius 3 is 2.44 bits per heavy atom. The largest absolute Gasteiger partial charge is 0.492 e. The van der Waals surface area contributed by atoms with Gasteiger partial charge >= 0.3 is 0 Å². The van der Waals surface area contributed by atoms with E-state index >= 15 is 0 Å². The van der Waals surface area contributed by atoms with Crippen molar-refractivity contribution in [1.82, 2.24) is 9.80 Å². The Morgan fingerprint density at radius 1 is 1.17 bits per heavy atom. The highest BCUT2D eigenvalue weighted by Gasteiger charge is 2.12. The molecule has 1 aromatic carbocycles. The van der Waals surface area contributed by atoms with E-state index in [0.717, 1.165) is 38.5 Å². The average Bonchev–Trinajstić information content (AvgIpc) is 2.42. The Morgan fingerprint density at radius 2 is 1.83 bits per heavy atom. The van der Waals surface area contributed by atoms with Crippen LogP contribution in [0.25, 0.3) is 0 Å². The van der Waals surface area contributed by atoms with Crippen LogP contribution >= 0.6 is 0 Å². The van der Waals surface area contributed by atoms with E-state index in [1.54, 1.807) is 12.1 Å². The third-order valence-electron chi connectivity index (χ3n) is 3.24. The molecule has 0 amide bonds. The molecule has 1 radical (unpaired) electrons. The van der Waals surface area contributed by atoms with Crippen molar-refractivity contribution in [3.05, 3.63) is 29.8 Å². The lowest BCUT2D eigenvalue weighted by Crippen LogP contribution is -2.45. The predicted molar refractivity (Wildman–Crippen MR) is 70.7 cm³/mol. The molecule has 0 aromatic heterocycles. The van der Waals surface area contributed by atoms with Crippen LogP contribution in [0.15, 0.2) is 24.3 Å². The van der Waals surface area contributed by atoms with Gasteiger partial charge in [0.15, 0.2) is 0 Å². The van der Waals surface area contributed by atoms with Gasteiger partial charge in [0.25, 0.3) is 0 Å². The lowest BCUT2D eigenvalue weighted by Gasteiger charge is -2.32. The number of hydrogen-bond donors (Lipinski definition) is 0. The average molecular weight is 247 g/mol. The van der Waals surface area contributed by atoms with Gasteiger partial charge in [-0.3, -0.25) is 9.69 Å². The number of benzene rings is 1. The van der Waals surface area contributed by atoms with Crippen molar-refractivity contribution in [1.29, 1.82) is 0 Å². The van der Waals surface area contributed by atoms with E-state index in [4.69, 9.17) is 4.74 Å². The fourth-order valence-electron chi connectivity index (χ4n) is 1.98. The summed E-state index contributed by atoms with van der Waals surface area (Å²) in [6.45, 7) is 6.12. The van der Waals surface area contributed by atoms with Gasteiger partial charge in [-0.1, -0.05) is 0 Å². The Bertz CT molecular complexity index is 370. The molecule has 0 aliphatic carbocycles. The van der Waals surface area contributed by atoms with E-state index in [1.807, 2.05) is 18.4 Å². The van der Waals surface area contributed by atoms with Crippen LogP contribution in [0, 0.1) is 0 Å². The second-order valence-electron chi connectivity index (χ2n) is 4.62. The lowest BCUT2D eigenvalue weighted by molar-refractivity contribution is 0.134. The number of nitrogens with zero attached hydrogens (tertiary/aromatic N) is 2. The molecule has 0 N–H and O–H groups in total. The molecule has 1 saturated heterocycles. The van der Waals surface area contributed by atoms with E-state index in [0.29, 0.717) is 12.2 Å². The minimum atomic E-state index is 0.557. The summed E-state index contributed by atoms with van der Waals surface area (Å²) in [5, 5.41) is 0. The Kier molecular flexibility index (Phi) is 4.73. The molecule has 18 heavy (non-hydrogen) atoms. The zero-order chi connectivity index (χ0) is 12.8. The van der Waals surface area contributed by atoms with Crippen LogP contribution in [0.5, 0.6) is 5.75 Å². The van der Waals surface area contributed by atoms with Crippen LogP contribution in [0.1, 0.15) is 5.56 Å². The molecule has 97 valence electrons. The lowest BCUT2D eigenvalue weighted by atomic mass is 10.2. The first-order chi connectivity index (χ1) is 8.78. The van der Waals surface area contributed by atoms with E-state index in [-0.39, 0.29) is 0 Å². The van der Waals surface area contributed by atoms with Gasteiger partial charge in [0, 0.05) is 38.3 Å². The minimum absolute atomic E-state index is 0.557. The van der Waals surface area contributed by atoms with Crippen molar-refractivity contribution in [2.75, 3.05) is 46.4 Å². The topological polar surface area (TPSA) is 32.8 Å². The molecule has 0 bridgehead atoms. The summed E-state index contributed by atoms with van der Waals surface area (Å²) in [6.07, 6.45) is 1.85. The van der Waals surface area contributed by atoms with E-state index in [1.165, 1.54) is 0 Å². The van der Waals surface area contributed by atoms with Crippen molar-refractivity contribution in [2.45, 2.75) is 0 Å². The van der Waals surface area contributed by atoms with Crippen molar-refractivity contribution >= 4 is 6.29 Å². The molecule has 0 spiro atoms. The number of ether oxygens (including phenoxy) is 1. The molecule has 4 heteroatoms. The zero-order valence-corrected chi connectivity index (χ0v) is 10.8. The normalized spacial score (nSPS) is 17.6. The smallest absolute Gasteiger partial charge is 0.233 e. The molecule has 1 heterocycles. The number of hydrogen-bond acceptors (Lipinski definition) is 4. The zero-order valence-electron chi connectivity index (χ0n) is 10.8. The highest BCUT2D eigenvalue weighted by atomic mass is 16.5.